The van der Waals surface area contributed by atoms with Crippen LogP contribution in [0.15, 0.2) is 12.1 Å². The molecule has 0 aliphatic heterocycles. The second-order valence-electron chi connectivity index (χ2n) is 4.89. The lowest BCUT2D eigenvalue weighted by molar-refractivity contribution is -0.116. The molecule has 0 aliphatic carbocycles. The maximum atomic E-state index is 13.2. The first-order chi connectivity index (χ1) is 9.63. The molecule has 3 nitrogen and oxygen atoms in total. The molecule has 1 N–H and O–H groups in total. The van der Waals surface area contributed by atoms with Crippen molar-refractivity contribution in [1.29, 1.82) is 0 Å². The summed E-state index contributed by atoms with van der Waals surface area (Å²) in [5.41, 5.74) is -0.0701. The smallest absolute Gasteiger partial charge is 0.239 e. The zero-order valence-corrected chi connectivity index (χ0v) is 11.9. The molecule has 112 valence electrons. The zero-order chi connectivity index (χ0) is 14.8. The largest absolute Gasteiger partial charge is 0.322 e. The van der Waals surface area contributed by atoms with Crippen LogP contribution < -0.4 is 5.32 Å². The first-order valence-corrected chi connectivity index (χ1v) is 7.25. The summed E-state index contributed by atoms with van der Waals surface area (Å²) in [4.78, 5) is 14.6. The van der Waals surface area contributed by atoms with Crippen LogP contribution in [0, 0.1) is 11.9 Å². The molecular weight excluding hydrogens is 262 g/mol. The number of halogens is 2. The van der Waals surface area contributed by atoms with Gasteiger partial charge in [0.2, 0.25) is 17.8 Å². The van der Waals surface area contributed by atoms with Crippen LogP contribution in [0.1, 0.15) is 58.3 Å². The van der Waals surface area contributed by atoms with Crippen molar-refractivity contribution in [2.75, 3.05) is 5.32 Å². The molecule has 1 rings (SSSR count). The number of rotatable bonds is 9. The fraction of sp³-hybridized carbons (Fsp3) is 0.600. The van der Waals surface area contributed by atoms with E-state index in [-0.39, 0.29) is 11.6 Å². The Labute approximate surface area is 118 Å². The van der Waals surface area contributed by atoms with Crippen molar-refractivity contribution in [2.45, 2.75) is 58.3 Å². The molecule has 0 radical (unpaired) electrons. The number of hydrogen-bond donors (Lipinski definition) is 1. The van der Waals surface area contributed by atoms with Crippen molar-refractivity contribution in [3.8, 4) is 0 Å². The molecule has 20 heavy (non-hydrogen) atoms. The predicted molar refractivity (Wildman–Crippen MR) is 75.4 cm³/mol. The van der Waals surface area contributed by atoms with Gasteiger partial charge >= 0.3 is 0 Å². The molecule has 5 heteroatoms. The third-order valence-electron chi connectivity index (χ3n) is 3.10. The quantitative estimate of drug-likeness (QED) is 0.538. The Morgan fingerprint density at radius 1 is 1.10 bits per heavy atom. The molecule has 1 aromatic rings. The van der Waals surface area contributed by atoms with Gasteiger partial charge in [0.05, 0.1) is 5.69 Å². The molecular formula is C15H22F2N2O. The maximum Gasteiger partial charge on any atom is 0.239 e. The standard InChI is InChI=1S/C15H22F2N2O/c1-2-3-4-5-6-7-8-9-14(20)18-12-10-11-13(16)19-15(12)17/h10-11H,2-9H2,1H3,(H,18,20). The van der Waals surface area contributed by atoms with Crippen molar-refractivity contribution in [2.24, 2.45) is 0 Å². The molecule has 0 aliphatic rings. The topological polar surface area (TPSA) is 42.0 Å². The van der Waals surface area contributed by atoms with E-state index in [1.165, 1.54) is 31.7 Å². The van der Waals surface area contributed by atoms with E-state index in [0.717, 1.165) is 25.3 Å². The summed E-state index contributed by atoms with van der Waals surface area (Å²) < 4.78 is 25.8. The second kappa shape index (κ2) is 9.39. The zero-order valence-electron chi connectivity index (χ0n) is 11.9. The Hall–Kier alpha value is -1.52. The van der Waals surface area contributed by atoms with Gasteiger partial charge in [-0.2, -0.15) is 13.8 Å². The van der Waals surface area contributed by atoms with Gasteiger partial charge in [-0.1, -0.05) is 45.4 Å². The first kappa shape index (κ1) is 16.5. The van der Waals surface area contributed by atoms with Crippen LogP contribution in [0.4, 0.5) is 14.5 Å². The Bertz CT molecular complexity index is 424. The number of pyridine rings is 1. The maximum absolute atomic E-state index is 13.2. The monoisotopic (exact) mass is 284 g/mol. The Kier molecular flexibility index (Phi) is 7.77. The number of amides is 1. The molecule has 0 saturated heterocycles. The lowest BCUT2D eigenvalue weighted by Gasteiger charge is -2.05. The average molecular weight is 284 g/mol. The van der Waals surface area contributed by atoms with E-state index in [1.54, 1.807) is 0 Å². The van der Waals surface area contributed by atoms with Gasteiger partial charge in [0.15, 0.2) is 0 Å². The van der Waals surface area contributed by atoms with Crippen molar-refractivity contribution in [3.05, 3.63) is 24.0 Å². The molecule has 0 atom stereocenters. The highest BCUT2D eigenvalue weighted by atomic mass is 19.1. The van der Waals surface area contributed by atoms with Gasteiger partial charge in [-0.25, -0.2) is 0 Å². The summed E-state index contributed by atoms with van der Waals surface area (Å²) >= 11 is 0. The summed E-state index contributed by atoms with van der Waals surface area (Å²) in [6.07, 6.45) is 8.19. The summed E-state index contributed by atoms with van der Waals surface area (Å²) in [6.45, 7) is 2.17. The van der Waals surface area contributed by atoms with Gasteiger partial charge < -0.3 is 5.32 Å². The molecule has 0 saturated carbocycles. The molecule has 1 heterocycles. The summed E-state index contributed by atoms with van der Waals surface area (Å²) in [7, 11) is 0. The third kappa shape index (κ3) is 6.59. The molecule has 0 bridgehead atoms. The van der Waals surface area contributed by atoms with Crippen molar-refractivity contribution < 1.29 is 13.6 Å². The van der Waals surface area contributed by atoms with E-state index in [0.29, 0.717) is 6.42 Å². The summed E-state index contributed by atoms with van der Waals surface area (Å²) in [5, 5.41) is 2.41. The molecule has 1 amide bonds. The minimum atomic E-state index is -0.988. The number of unbranched alkanes of at least 4 members (excludes halogenated alkanes) is 6. The number of aromatic nitrogens is 1. The van der Waals surface area contributed by atoms with Gasteiger partial charge in [-0.3, -0.25) is 4.79 Å². The van der Waals surface area contributed by atoms with Crippen LogP contribution in [0.3, 0.4) is 0 Å². The summed E-state index contributed by atoms with van der Waals surface area (Å²) in [6, 6.07) is 2.20. The fourth-order valence-corrected chi connectivity index (χ4v) is 1.96. The fourth-order valence-electron chi connectivity index (χ4n) is 1.96. The minimum absolute atomic E-state index is 0.0701. The Morgan fingerprint density at radius 3 is 2.40 bits per heavy atom. The predicted octanol–water partition coefficient (Wildman–Crippen LogP) is 4.44. The average Bonchev–Trinajstić information content (AvgIpc) is 2.41. The second-order valence-corrected chi connectivity index (χ2v) is 4.89. The van der Waals surface area contributed by atoms with Crippen LogP contribution in [0.2, 0.25) is 0 Å². The van der Waals surface area contributed by atoms with Crippen molar-refractivity contribution >= 4 is 11.6 Å². The SMILES string of the molecule is CCCCCCCCCC(=O)Nc1ccc(F)nc1F. The van der Waals surface area contributed by atoms with Gasteiger partial charge in [0.25, 0.3) is 0 Å². The lowest BCUT2D eigenvalue weighted by Crippen LogP contribution is -2.13. The van der Waals surface area contributed by atoms with E-state index < -0.39 is 11.9 Å². The molecule has 0 aromatic carbocycles. The van der Waals surface area contributed by atoms with Gasteiger partial charge in [0.1, 0.15) is 0 Å². The highest BCUT2D eigenvalue weighted by molar-refractivity contribution is 5.90. The van der Waals surface area contributed by atoms with Crippen LogP contribution in [-0.2, 0) is 4.79 Å². The molecule has 0 unspecified atom stereocenters. The van der Waals surface area contributed by atoms with E-state index in [4.69, 9.17) is 0 Å². The van der Waals surface area contributed by atoms with Crippen molar-refractivity contribution in [3.63, 3.8) is 0 Å². The molecule has 1 aromatic heterocycles. The summed E-state index contributed by atoms with van der Waals surface area (Å²) in [5.74, 6) is -2.14. The van der Waals surface area contributed by atoms with E-state index in [1.807, 2.05) is 0 Å². The number of anilines is 1. The van der Waals surface area contributed by atoms with Gasteiger partial charge in [-0.05, 0) is 18.6 Å². The van der Waals surface area contributed by atoms with E-state index >= 15 is 0 Å². The minimum Gasteiger partial charge on any atom is -0.322 e. The highest BCUT2D eigenvalue weighted by Gasteiger charge is 2.08. The van der Waals surface area contributed by atoms with Crippen LogP contribution >= 0.6 is 0 Å². The van der Waals surface area contributed by atoms with Gasteiger partial charge in [0, 0.05) is 6.42 Å². The van der Waals surface area contributed by atoms with Crippen LogP contribution in [0.25, 0.3) is 0 Å². The van der Waals surface area contributed by atoms with Crippen molar-refractivity contribution in [1.82, 2.24) is 4.98 Å². The number of nitrogens with zero attached hydrogens (tertiary/aromatic N) is 1. The number of carbonyl (C=O) groups excluding carboxylic acids is 1. The Morgan fingerprint density at radius 2 is 1.75 bits per heavy atom. The molecule has 0 spiro atoms. The normalized spacial score (nSPS) is 10.6. The van der Waals surface area contributed by atoms with Gasteiger partial charge in [-0.15, -0.1) is 0 Å². The van der Waals surface area contributed by atoms with Crippen LogP contribution in [0.5, 0.6) is 0 Å². The van der Waals surface area contributed by atoms with E-state index in [9.17, 15) is 13.6 Å². The first-order valence-electron chi connectivity index (χ1n) is 7.25. The lowest BCUT2D eigenvalue weighted by atomic mass is 10.1. The third-order valence-corrected chi connectivity index (χ3v) is 3.10. The number of carbonyl (C=O) groups is 1. The number of nitrogens with one attached hydrogen (secondary N) is 1. The van der Waals surface area contributed by atoms with E-state index in [2.05, 4.69) is 17.2 Å². The van der Waals surface area contributed by atoms with Crippen LogP contribution in [-0.4, -0.2) is 10.9 Å². The highest BCUT2D eigenvalue weighted by Crippen LogP contribution is 2.13. The Balaban J connectivity index is 2.17. The number of hydrogen-bond acceptors (Lipinski definition) is 2. The molecule has 0 fully saturated rings.